The minimum Gasteiger partial charge on any atom is -0.454 e. The number of esters is 1. The lowest BCUT2D eigenvalue weighted by atomic mass is 10.1. The molecule has 0 atom stereocenters. The maximum absolute atomic E-state index is 12.8. The van der Waals surface area contributed by atoms with Crippen LogP contribution in [-0.4, -0.2) is 68.2 Å². The zero-order valence-electron chi connectivity index (χ0n) is 17.6. The average Bonchev–Trinajstić information content (AvgIpc) is 3.06. The Bertz CT molecular complexity index is 1130. The summed E-state index contributed by atoms with van der Waals surface area (Å²) in [6.45, 7) is 5.30. The summed E-state index contributed by atoms with van der Waals surface area (Å²) in [5, 5.41) is 0. The number of morpholine rings is 1. The molecule has 1 aliphatic rings. The molecular weight excluding hydrogens is 424 g/mol. The first-order valence-corrected chi connectivity index (χ1v) is 11.1. The van der Waals surface area contributed by atoms with Crippen LogP contribution in [0.2, 0.25) is 0 Å². The summed E-state index contributed by atoms with van der Waals surface area (Å²) in [4.78, 5) is 39.5. The van der Waals surface area contributed by atoms with Crippen molar-refractivity contribution in [3.63, 3.8) is 0 Å². The van der Waals surface area contributed by atoms with Crippen LogP contribution in [0.4, 0.5) is 0 Å². The largest absolute Gasteiger partial charge is 0.454 e. The predicted molar refractivity (Wildman–Crippen MR) is 111 cm³/mol. The molecule has 166 valence electrons. The number of H-pyrrole nitrogens is 1. The van der Waals surface area contributed by atoms with Gasteiger partial charge >= 0.3 is 5.97 Å². The van der Waals surface area contributed by atoms with Crippen LogP contribution in [0.15, 0.2) is 29.2 Å². The van der Waals surface area contributed by atoms with Crippen molar-refractivity contribution in [2.75, 3.05) is 32.9 Å². The van der Waals surface area contributed by atoms with Crippen LogP contribution in [0.5, 0.6) is 0 Å². The predicted octanol–water partition coefficient (Wildman–Crippen LogP) is 1.89. The zero-order valence-corrected chi connectivity index (χ0v) is 18.4. The van der Waals surface area contributed by atoms with E-state index >= 15 is 0 Å². The van der Waals surface area contributed by atoms with E-state index in [1.54, 1.807) is 13.8 Å². The van der Waals surface area contributed by atoms with Crippen molar-refractivity contribution in [3.8, 4) is 0 Å². The van der Waals surface area contributed by atoms with Crippen LogP contribution < -0.4 is 0 Å². The van der Waals surface area contributed by atoms with Crippen molar-refractivity contribution in [1.29, 1.82) is 0 Å². The van der Waals surface area contributed by atoms with Gasteiger partial charge in [-0.15, -0.1) is 0 Å². The summed E-state index contributed by atoms with van der Waals surface area (Å²) in [5.74, 6) is -1.47. The summed E-state index contributed by atoms with van der Waals surface area (Å²) >= 11 is 0. The number of rotatable bonds is 7. The van der Waals surface area contributed by atoms with Gasteiger partial charge in [-0.05, 0) is 44.5 Å². The minimum absolute atomic E-state index is 0.0194. The van der Waals surface area contributed by atoms with E-state index in [9.17, 15) is 22.8 Å². The standard InChI is InChI=1S/C21H24N2O7S/c1-13-19(15(3)24)14(2)22-20(13)18(25)12-30-21(26)16-5-4-6-17(11-16)31(27,28)23-7-9-29-10-8-23/h4-6,11,22H,7-10,12H2,1-3H3. The van der Waals surface area contributed by atoms with Gasteiger partial charge in [-0.25, -0.2) is 13.2 Å². The van der Waals surface area contributed by atoms with Crippen LogP contribution in [0, 0.1) is 13.8 Å². The Kier molecular flexibility index (Phi) is 6.73. The Hall–Kier alpha value is -2.82. The molecule has 0 aliphatic carbocycles. The van der Waals surface area contributed by atoms with Gasteiger partial charge in [0.25, 0.3) is 0 Å². The molecule has 1 saturated heterocycles. The van der Waals surface area contributed by atoms with Crippen molar-refractivity contribution in [1.82, 2.24) is 9.29 Å². The summed E-state index contributed by atoms with van der Waals surface area (Å²) in [6.07, 6.45) is 0. The van der Waals surface area contributed by atoms with Crippen LogP contribution >= 0.6 is 0 Å². The van der Waals surface area contributed by atoms with E-state index in [1.165, 1.54) is 35.5 Å². The number of aromatic nitrogens is 1. The molecule has 0 spiro atoms. The third kappa shape index (κ3) is 4.76. The molecule has 1 aromatic heterocycles. The average molecular weight is 448 g/mol. The van der Waals surface area contributed by atoms with Gasteiger partial charge in [-0.2, -0.15) is 4.31 Å². The third-order valence-electron chi connectivity index (χ3n) is 5.08. The van der Waals surface area contributed by atoms with Gasteiger partial charge in [0.15, 0.2) is 12.4 Å². The second kappa shape index (κ2) is 9.13. The normalized spacial score (nSPS) is 14.9. The molecule has 0 saturated carbocycles. The first kappa shape index (κ1) is 22.9. The third-order valence-corrected chi connectivity index (χ3v) is 6.97. The van der Waals surface area contributed by atoms with Crippen molar-refractivity contribution in [2.45, 2.75) is 25.7 Å². The van der Waals surface area contributed by atoms with E-state index in [0.29, 0.717) is 30.0 Å². The lowest BCUT2D eigenvalue weighted by Crippen LogP contribution is -2.40. The molecule has 0 radical (unpaired) electrons. The Morgan fingerprint density at radius 2 is 1.84 bits per heavy atom. The van der Waals surface area contributed by atoms with Crippen LogP contribution in [0.25, 0.3) is 0 Å². The highest BCUT2D eigenvalue weighted by Gasteiger charge is 2.27. The molecular formula is C21H24N2O7S. The Morgan fingerprint density at radius 1 is 1.16 bits per heavy atom. The number of carbonyl (C=O) groups excluding carboxylic acids is 3. The molecule has 1 aromatic carbocycles. The molecule has 2 aromatic rings. The highest BCUT2D eigenvalue weighted by Crippen LogP contribution is 2.20. The van der Waals surface area contributed by atoms with Crippen molar-refractivity contribution in [2.24, 2.45) is 0 Å². The molecule has 3 rings (SSSR count). The molecule has 1 N–H and O–H groups in total. The molecule has 1 aliphatic heterocycles. The van der Waals surface area contributed by atoms with E-state index in [2.05, 4.69) is 4.98 Å². The summed E-state index contributed by atoms with van der Waals surface area (Å²) in [5.41, 5.74) is 1.74. The van der Waals surface area contributed by atoms with Crippen molar-refractivity contribution < 1.29 is 32.3 Å². The summed E-state index contributed by atoms with van der Waals surface area (Å²) in [7, 11) is -3.77. The number of Topliss-reactive ketones (excluding diaryl/α,β-unsaturated/α-hetero) is 2. The number of sulfonamides is 1. The number of nitrogens with zero attached hydrogens (tertiary/aromatic N) is 1. The fourth-order valence-corrected chi connectivity index (χ4v) is 5.02. The van der Waals surface area contributed by atoms with E-state index in [-0.39, 0.29) is 35.0 Å². The minimum atomic E-state index is -3.77. The van der Waals surface area contributed by atoms with Gasteiger partial charge in [0, 0.05) is 24.3 Å². The lowest BCUT2D eigenvalue weighted by Gasteiger charge is -2.26. The maximum atomic E-state index is 12.8. The van der Waals surface area contributed by atoms with E-state index < -0.39 is 28.4 Å². The molecule has 0 amide bonds. The smallest absolute Gasteiger partial charge is 0.338 e. The van der Waals surface area contributed by atoms with Gasteiger partial charge in [-0.3, -0.25) is 9.59 Å². The maximum Gasteiger partial charge on any atom is 0.338 e. The zero-order chi connectivity index (χ0) is 22.8. The van der Waals surface area contributed by atoms with Crippen molar-refractivity contribution >= 4 is 27.6 Å². The fourth-order valence-electron chi connectivity index (χ4n) is 3.56. The topological polar surface area (TPSA) is 123 Å². The van der Waals surface area contributed by atoms with Gasteiger partial charge in [0.05, 0.1) is 29.4 Å². The quantitative estimate of drug-likeness (QED) is 0.507. The number of hydrogen-bond donors (Lipinski definition) is 1. The van der Waals surface area contributed by atoms with Gasteiger partial charge in [-0.1, -0.05) is 6.07 Å². The summed E-state index contributed by atoms with van der Waals surface area (Å²) < 4.78 is 37.1. The second-order valence-electron chi connectivity index (χ2n) is 7.22. The molecule has 10 heteroatoms. The van der Waals surface area contributed by atoms with Gasteiger partial charge in [0.1, 0.15) is 0 Å². The van der Waals surface area contributed by atoms with Crippen LogP contribution in [0.3, 0.4) is 0 Å². The Balaban J connectivity index is 1.72. The van der Waals surface area contributed by atoms with Crippen LogP contribution in [0.1, 0.15) is 49.4 Å². The molecule has 1 fully saturated rings. The number of aromatic amines is 1. The Labute approximate surface area is 180 Å². The molecule has 31 heavy (non-hydrogen) atoms. The fraction of sp³-hybridized carbons (Fsp3) is 0.381. The Morgan fingerprint density at radius 3 is 2.45 bits per heavy atom. The number of aryl methyl sites for hydroxylation is 1. The van der Waals surface area contributed by atoms with E-state index in [1.807, 2.05) is 0 Å². The van der Waals surface area contributed by atoms with Gasteiger partial charge < -0.3 is 14.5 Å². The first-order chi connectivity index (χ1) is 14.6. The summed E-state index contributed by atoms with van der Waals surface area (Å²) in [6, 6.07) is 5.50. The first-order valence-electron chi connectivity index (χ1n) is 9.71. The molecule has 0 unspecified atom stereocenters. The SMILES string of the molecule is CC(=O)c1c(C)[nH]c(C(=O)COC(=O)c2cccc(S(=O)(=O)N3CCOCC3)c2)c1C. The second-order valence-corrected chi connectivity index (χ2v) is 9.16. The molecule has 2 heterocycles. The number of ketones is 2. The highest BCUT2D eigenvalue weighted by atomic mass is 32.2. The highest BCUT2D eigenvalue weighted by molar-refractivity contribution is 7.89. The van der Waals surface area contributed by atoms with Gasteiger partial charge in [0.2, 0.25) is 15.8 Å². The molecule has 0 bridgehead atoms. The van der Waals surface area contributed by atoms with E-state index in [0.717, 1.165) is 0 Å². The number of ether oxygens (including phenoxy) is 2. The lowest BCUT2D eigenvalue weighted by molar-refractivity contribution is 0.0473. The number of carbonyl (C=O) groups is 3. The van der Waals surface area contributed by atoms with E-state index in [4.69, 9.17) is 9.47 Å². The number of hydrogen-bond acceptors (Lipinski definition) is 7. The molecule has 9 nitrogen and oxygen atoms in total. The number of benzene rings is 1. The number of nitrogens with one attached hydrogen (secondary N) is 1. The van der Waals surface area contributed by atoms with Crippen molar-refractivity contribution in [3.05, 3.63) is 52.3 Å². The van der Waals surface area contributed by atoms with Crippen LogP contribution in [-0.2, 0) is 19.5 Å². The monoisotopic (exact) mass is 448 g/mol.